The summed E-state index contributed by atoms with van der Waals surface area (Å²) in [5, 5.41) is 20.2. The zero-order valence-corrected chi connectivity index (χ0v) is 14.1. The zero-order chi connectivity index (χ0) is 16.8. The second-order valence-corrected chi connectivity index (χ2v) is 6.99. The number of carbonyl (C=O) groups is 1. The molecule has 118 valence electrons. The van der Waals surface area contributed by atoms with Crippen molar-refractivity contribution in [3.05, 3.63) is 71.3 Å². The number of nitrogens with zero attached hydrogens (tertiary/aromatic N) is 3. The number of carbonyl (C=O) groups excluding carboxylic acids is 1. The van der Waals surface area contributed by atoms with Crippen molar-refractivity contribution in [2.75, 3.05) is 5.32 Å². The van der Waals surface area contributed by atoms with E-state index in [2.05, 4.69) is 21.6 Å². The van der Waals surface area contributed by atoms with Crippen LogP contribution in [0.25, 0.3) is 0 Å². The second-order valence-electron chi connectivity index (χ2n) is 4.79. The highest BCUT2D eigenvalue weighted by Gasteiger charge is 2.10. The van der Waals surface area contributed by atoms with E-state index >= 15 is 0 Å². The molecule has 24 heavy (non-hydrogen) atoms. The fraction of sp³-hybridized carbons (Fsp3) is 0.0588. The van der Waals surface area contributed by atoms with Crippen molar-refractivity contribution in [3.8, 4) is 6.07 Å². The zero-order valence-electron chi connectivity index (χ0n) is 12.5. The standard InChI is InChI=1S/C17H12N4OS2/c18-10-12-5-4-6-13(9-12)11-23-17-21-20-16(24-17)19-15(22)14-7-2-1-3-8-14/h1-9H,11H2,(H,19,20,22). The van der Waals surface area contributed by atoms with Crippen LogP contribution in [0, 0.1) is 11.3 Å². The summed E-state index contributed by atoms with van der Waals surface area (Å²) in [5.74, 6) is 0.488. The lowest BCUT2D eigenvalue weighted by atomic mass is 10.2. The molecular weight excluding hydrogens is 340 g/mol. The van der Waals surface area contributed by atoms with Gasteiger partial charge in [-0.25, -0.2) is 0 Å². The summed E-state index contributed by atoms with van der Waals surface area (Å²) < 4.78 is 0.765. The van der Waals surface area contributed by atoms with Crippen LogP contribution in [0.4, 0.5) is 5.13 Å². The van der Waals surface area contributed by atoms with Crippen molar-refractivity contribution in [2.45, 2.75) is 10.1 Å². The minimum absolute atomic E-state index is 0.204. The topological polar surface area (TPSA) is 78.7 Å². The summed E-state index contributed by atoms with van der Waals surface area (Å²) in [7, 11) is 0. The molecule has 0 unspecified atom stereocenters. The Labute approximate surface area is 147 Å². The van der Waals surface area contributed by atoms with Crippen molar-refractivity contribution < 1.29 is 4.79 Å². The molecule has 1 N–H and O–H groups in total. The van der Waals surface area contributed by atoms with Gasteiger partial charge in [0.15, 0.2) is 4.34 Å². The fourth-order valence-electron chi connectivity index (χ4n) is 1.95. The molecule has 1 heterocycles. The van der Waals surface area contributed by atoms with Gasteiger partial charge < -0.3 is 0 Å². The minimum atomic E-state index is -0.204. The Morgan fingerprint density at radius 1 is 1.17 bits per heavy atom. The van der Waals surface area contributed by atoms with Crippen molar-refractivity contribution >= 4 is 34.1 Å². The monoisotopic (exact) mass is 352 g/mol. The number of amides is 1. The maximum absolute atomic E-state index is 12.1. The van der Waals surface area contributed by atoms with Gasteiger partial charge in [-0.3, -0.25) is 10.1 Å². The van der Waals surface area contributed by atoms with E-state index in [-0.39, 0.29) is 5.91 Å². The van der Waals surface area contributed by atoms with Gasteiger partial charge in [-0.2, -0.15) is 5.26 Å². The summed E-state index contributed by atoms with van der Waals surface area (Å²) in [5.41, 5.74) is 2.26. The van der Waals surface area contributed by atoms with Crippen molar-refractivity contribution in [1.29, 1.82) is 5.26 Å². The van der Waals surface area contributed by atoms with E-state index < -0.39 is 0 Å². The molecule has 1 amide bonds. The molecule has 0 bridgehead atoms. The normalized spacial score (nSPS) is 10.1. The molecule has 5 nitrogen and oxygen atoms in total. The van der Waals surface area contributed by atoms with Gasteiger partial charge in [0.25, 0.3) is 5.91 Å². The molecule has 2 aromatic carbocycles. The number of benzene rings is 2. The maximum atomic E-state index is 12.1. The number of aromatic nitrogens is 2. The number of anilines is 1. The summed E-state index contributed by atoms with van der Waals surface area (Å²) in [4.78, 5) is 12.1. The first kappa shape index (κ1) is 16.2. The van der Waals surface area contributed by atoms with Gasteiger partial charge in [0.05, 0.1) is 11.6 Å². The molecule has 0 radical (unpaired) electrons. The third kappa shape index (κ3) is 4.19. The number of nitrogens with one attached hydrogen (secondary N) is 1. The van der Waals surface area contributed by atoms with Gasteiger partial charge in [0.1, 0.15) is 0 Å². The Hall–Kier alpha value is -2.69. The van der Waals surface area contributed by atoms with Crippen LogP contribution in [0.15, 0.2) is 58.9 Å². The Kier molecular flexibility index (Phi) is 5.21. The van der Waals surface area contributed by atoms with Crippen molar-refractivity contribution in [2.24, 2.45) is 0 Å². The van der Waals surface area contributed by atoms with E-state index in [1.807, 2.05) is 36.4 Å². The third-order valence-electron chi connectivity index (χ3n) is 3.08. The van der Waals surface area contributed by atoms with Gasteiger partial charge in [0, 0.05) is 11.3 Å². The van der Waals surface area contributed by atoms with Crippen LogP contribution in [0.1, 0.15) is 21.5 Å². The van der Waals surface area contributed by atoms with Gasteiger partial charge in [-0.1, -0.05) is 53.4 Å². The molecule has 0 aliphatic rings. The van der Waals surface area contributed by atoms with Crippen LogP contribution >= 0.6 is 23.1 Å². The van der Waals surface area contributed by atoms with E-state index in [0.717, 1.165) is 9.90 Å². The molecule has 0 saturated heterocycles. The first-order valence-electron chi connectivity index (χ1n) is 7.06. The predicted octanol–water partition coefficient (Wildman–Crippen LogP) is 3.95. The van der Waals surface area contributed by atoms with E-state index in [9.17, 15) is 4.79 Å². The average molecular weight is 352 g/mol. The molecule has 0 saturated carbocycles. The highest BCUT2D eigenvalue weighted by atomic mass is 32.2. The summed E-state index contributed by atoms with van der Waals surface area (Å²) >= 11 is 2.85. The molecule has 0 aliphatic heterocycles. The average Bonchev–Trinajstić information content (AvgIpc) is 3.08. The molecule has 0 fully saturated rings. The molecular formula is C17H12N4OS2. The fourth-order valence-corrected chi connectivity index (χ4v) is 3.64. The maximum Gasteiger partial charge on any atom is 0.257 e. The molecule has 0 spiro atoms. The van der Waals surface area contributed by atoms with Crippen LogP contribution in [-0.4, -0.2) is 16.1 Å². The van der Waals surface area contributed by atoms with Gasteiger partial charge in [-0.05, 0) is 29.8 Å². The molecule has 3 rings (SSSR count). The predicted molar refractivity (Wildman–Crippen MR) is 95.0 cm³/mol. The molecule has 3 aromatic rings. The van der Waals surface area contributed by atoms with Crippen LogP contribution in [0.3, 0.4) is 0 Å². The van der Waals surface area contributed by atoms with Gasteiger partial charge >= 0.3 is 0 Å². The van der Waals surface area contributed by atoms with E-state index in [0.29, 0.717) is 22.0 Å². The largest absolute Gasteiger partial charge is 0.296 e. The van der Waals surface area contributed by atoms with Crippen molar-refractivity contribution in [3.63, 3.8) is 0 Å². The Bertz CT molecular complexity index is 887. The quantitative estimate of drug-likeness (QED) is 0.555. The highest BCUT2D eigenvalue weighted by molar-refractivity contribution is 8.00. The number of rotatable bonds is 5. The van der Waals surface area contributed by atoms with Crippen LogP contribution in [0.2, 0.25) is 0 Å². The number of nitriles is 1. The Morgan fingerprint density at radius 3 is 2.79 bits per heavy atom. The smallest absolute Gasteiger partial charge is 0.257 e. The SMILES string of the molecule is N#Cc1cccc(CSc2nnc(NC(=O)c3ccccc3)s2)c1. The Balaban J connectivity index is 1.59. The molecule has 7 heteroatoms. The first-order chi connectivity index (χ1) is 11.7. The van der Waals surface area contributed by atoms with Gasteiger partial charge in [-0.15, -0.1) is 10.2 Å². The van der Waals surface area contributed by atoms with E-state index in [1.165, 1.54) is 23.1 Å². The summed E-state index contributed by atoms with van der Waals surface area (Å²) in [6, 6.07) is 18.5. The van der Waals surface area contributed by atoms with E-state index in [1.54, 1.807) is 18.2 Å². The van der Waals surface area contributed by atoms with Gasteiger partial charge in [0.2, 0.25) is 5.13 Å². The van der Waals surface area contributed by atoms with Crippen LogP contribution in [0.5, 0.6) is 0 Å². The molecule has 0 atom stereocenters. The van der Waals surface area contributed by atoms with E-state index in [4.69, 9.17) is 5.26 Å². The second kappa shape index (κ2) is 7.73. The lowest BCUT2D eigenvalue weighted by molar-refractivity contribution is 0.102. The lowest BCUT2D eigenvalue weighted by Gasteiger charge is -2.00. The summed E-state index contributed by atoms with van der Waals surface area (Å²) in [6.07, 6.45) is 0. The number of hydrogen-bond donors (Lipinski definition) is 1. The first-order valence-corrected chi connectivity index (χ1v) is 8.86. The number of hydrogen-bond acceptors (Lipinski definition) is 6. The third-order valence-corrected chi connectivity index (χ3v) is 5.12. The van der Waals surface area contributed by atoms with Crippen LogP contribution in [-0.2, 0) is 5.75 Å². The highest BCUT2D eigenvalue weighted by Crippen LogP contribution is 2.28. The minimum Gasteiger partial charge on any atom is -0.296 e. The summed E-state index contributed by atoms with van der Waals surface area (Å²) in [6.45, 7) is 0. The van der Waals surface area contributed by atoms with Crippen LogP contribution < -0.4 is 5.32 Å². The molecule has 0 aliphatic carbocycles. The lowest BCUT2D eigenvalue weighted by Crippen LogP contribution is -2.11. The van der Waals surface area contributed by atoms with Crippen molar-refractivity contribution in [1.82, 2.24) is 10.2 Å². The number of thioether (sulfide) groups is 1. The Morgan fingerprint density at radius 2 is 2.00 bits per heavy atom. The molecule has 1 aromatic heterocycles.